The Morgan fingerprint density at radius 2 is 0.878 bits per heavy atom. The highest BCUT2D eigenvalue weighted by Crippen LogP contribution is 2.54. The fourth-order valence-corrected chi connectivity index (χ4v) is 9.65. The van der Waals surface area contributed by atoms with Crippen LogP contribution in [0.2, 0.25) is 0 Å². The Balaban J connectivity index is 1.24. The molecule has 1 atom stereocenters. The molecule has 9 rings (SSSR count). The predicted molar refractivity (Wildman–Crippen MR) is 210 cm³/mol. The molecule has 0 aliphatic carbocycles. The maximum atomic E-state index is 6.90. The second-order valence-electron chi connectivity index (χ2n) is 13.1. The zero-order chi connectivity index (χ0) is 32.8. The summed E-state index contributed by atoms with van der Waals surface area (Å²) >= 11 is 2.01. The second kappa shape index (κ2) is 12.4. The second-order valence-corrected chi connectivity index (χ2v) is 14.4. The van der Waals surface area contributed by atoms with E-state index in [0.29, 0.717) is 0 Å². The average Bonchev–Trinajstić information content (AvgIpc) is 3.65. The molecule has 1 heterocycles. The molecule has 1 saturated heterocycles. The van der Waals surface area contributed by atoms with Gasteiger partial charge >= 0.3 is 0 Å². The van der Waals surface area contributed by atoms with E-state index in [1.54, 1.807) is 0 Å². The normalized spacial score (nSPS) is 15.0. The Bertz CT molecular complexity index is 2380. The van der Waals surface area contributed by atoms with Gasteiger partial charge in [0, 0.05) is 12.4 Å². The third-order valence-corrected chi connectivity index (χ3v) is 12.0. The zero-order valence-electron chi connectivity index (χ0n) is 27.5. The van der Waals surface area contributed by atoms with Crippen LogP contribution in [0.25, 0.3) is 48.7 Å². The summed E-state index contributed by atoms with van der Waals surface area (Å²) in [6, 6.07) is 62.3. The molecule has 0 spiro atoms. The Labute approximate surface area is 291 Å². The van der Waals surface area contributed by atoms with Crippen LogP contribution >= 0.6 is 11.8 Å². The van der Waals surface area contributed by atoms with Gasteiger partial charge in [0.1, 0.15) is 5.60 Å². The van der Waals surface area contributed by atoms with Gasteiger partial charge in [0.15, 0.2) is 0 Å². The molecule has 0 saturated carbocycles. The lowest BCUT2D eigenvalue weighted by molar-refractivity contribution is 0.0198. The number of ether oxygens (including phenoxy) is 1. The van der Waals surface area contributed by atoms with Crippen LogP contribution in [-0.4, -0.2) is 12.4 Å². The van der Waals surface area contributed by atoms with E-state index < -0.39 is 5.60 Å². The van der Waals surface area contributed by atoms with Crippen molar-refractivity contribution in [1.29, 1.82) is 0 Å². The fraction of sp³-hybridized carbons (Fsp3) is 0.106. The molecule has 0 aromatic heterocycles. The third kappa shape index (κ3) is 5.24. The van der Waals surface area contributed by atoms with Crippen LogP contribution in [0.15, 0.2) is 175 Å². The molecule has 2 heteroatoms. The molecular weight excluding hydrogens is 613 g/mol. The zero-order valence-corrected chi connectivity index (χ0v) is 28.3. The third-order valence-electron chi connectivity index (χ3n) is 10.4. The fourth-order valence-electron chi connectivity index (χ4n) is 7.95. The lowest BCUT2D eigenvalue weighted by Crippen LogP contribution is -2.39. The van der Waals surface area contributed by atoms with Gasteiger partial charge in [-0.05, 0) is 113 Å². The van der Waals surface area contributed by atoms with Gasteiger partial charge in [0.05, 0.1) is 0 Å². The van der Waals surface area contributed by atoms with Crippen LogP contribution < -0.4 is 0 Å². The summed E-state index contributed by atoms with van der Waals surface area (Å²) < 4.78 is 6.90. The summed E-state index contributed by atoms with van der Waals surface area (Å²) in [5.41, 5.74) is 5.58. The monoisotopic (exact) mass is 648 g/mol. The summed E-state index contributed by atoms with van der Waals surface area (Å²) in [5.74, 6) is 0. The molecule has 1 fully saturated rings. The lowest BCUT2D eigenvalue weighted by atomic mass is 9.80. The van der Waals surface area contributed by atoms with Crippen molar-refractivity contribution in [2.45, 2.75) is 23.7 Å². The Hall–Kier alpha value is -5.15. The van der Waals surface area contributed by atoms with Gasteiger partial charge in [-0.15, -0.1) is 11.8 Å². The standard InChI is InChI=1S/C47H36OS/c1-48-47(42-24-22-34-12-4-8-16-38(34)30-42,43-25-23-35-13-5-9-17-39(35)31-43)45-27-26-44(49-45)46(40-20-18-32-10-2-6-14-36(32)28-40)41-21-19-33-11-3-7-15-37(33)29-41/h2-25,28-31,45H,26-27H2,1H3/t45-/m1/s1. The minimum Gasteiger partial charge on any atom is -0.368 e. The van der Waals surface area contributed by atoms with Crippen LogP contribution in [0.3, 0.4) is 0 Å². The summed E-state index contributed by atoms with van der Waals surface area (Å²) in [7, 11) is 1.90. The first-order chi connectivity index (χ1) is 24.2. The SMILES string of the molecule is COC(c1ccc2ccccc2c1)(c1ccc2ccccc2c1)[C@H]1CCC(=C(c2ccc3ccccc3c2)c2ccc3ccccc3c2)S1. The Morgan fingerprint density at radius 1 is 0.490 bits per heavy atom. The van der Waals surface area contributed by atoms with Crippen molar-refractivity contribution in [3.05, 3.63) is 197 Å². The number of fused-ring (bicyclic) bond motifs is 4. The molecule has 8 aromatic carbocycles. The molecule has 8 aromatic rings. The summed E-state index contributed by atoms with van der Waals surface area (Å²) in [4.78, 5) is 1.42. The quantitative estimate of drug-likeness (QED) is 0.177. The van der Waals surface area contributed by atoms with E-state index in [1.165, 1.54) is 75.8 Å². The van der Waals surface area contributed by atoms with E-state index in [-0.39, 0.29) is 5.25 Å². The summed E-state index contributed by atoms with van der Waals surface area (Å²) in [6.07, 6.45) is 1.98. The Morgan fingerprint density at radius 3 is 1.31 bits per heavy atom. The van der Waals surface area contributed by atoms with E-state index in [4.69, 9.17) is 4.74 Å². The topological polar surface area (TPSA) is 9.23 Å². The number of thioether (sulfide) groups is 1. The van der Waals surface area contributed by atoms with Crippen LogP contribution in [0.1, 0.15) is 35.1 Å². The van der Waals surface area contributed by atoms with Crippen molar-refractivity contribution in [3.63, 3.8) is 0 Å². The van der Waals surface area contributed by atoms with Crippen LogP contribution in [-0.2, 0) is 10.3 Å². The van der Waals surface area contributed by atoms with Crippen LogP contribution in [0.5, 0.6) is 0 Å². The van der Waals surface area contributed by atoms with Gasteiger partial charge in [-0.1, -0.05) is 146 Å². The van der Waals surface area contributed by atoms with Gasteiger partial charge in [-0.25, -0.2) is 0 Å². The number of methoxy groups -OCH3 is 1. The van der Waals surface area contributed by atoms with Gasteiger partial charge in [-0.2, -0.15) is 0 Å². The van der Waals surface area contributed by atoms with Crippen molar-refractivity contribution in [1.82, 2.24) is 0 Å². The molecule has 0 radical (unpaired) electrons. The van der Waals surface area contributed by atoms with E-state index in [0.717, 1.165) is 12.8 Å². The molecule has 1 aliphatic heterocycles. The molecule has 0 bridgehead atoms. The van der Waals surface area contributed by atoms with Crippen molar-refractivity contribution < 1.29 is 4.74 Å². The van der Waals surface area contributed by atoms with E-state index >= 15 is 0 Å². The molecule has 0 unspecified atom stereocenters. The smallest absolute Gasteiger partial charge is 0.130 e. The first kappa shape index (κ1) is 29.9. The van der Waals surface area contributed by atoms with Crippen molar-refractivity contribution in [3.8, 4) is 0 Å². The Kier molecular flexibility index (Phi) is 7.57. The van der Waals surface area contributed by atoms with E-state index in [1.807, 2.05) is 18.9 Å². The lowest BCUT2D eigenvalue weighted by Gasteiger charge is -2.39. The molecule has 0 amide bonds. The molecular formula is C47H36OS. The maximum Gasteiger partial charge on any atom is 0.130 e. The molecule has 236 valence electrons. The van der Waals surface area contributed by atoms with Gasteiger partial charge in [0.2, 0.25) is 0 Å². The van der Waals surface area contributed by atoms with Crippen molar-refractivity contribution in [2.75, 3.05) is 7.11 Å². The highest BCUT2D eigenvalue weighted by Gasteiger charge is 2.46. The number of rotatable bonds is 6. The average molecular weight is 649 g/mol. The summed E-state index contributed by atoms with van der Waals surface area (Å²) in [5, 5.41) is 10.1. The highest BCUT2D eigenvalue weighted by molar-refractivity contribution is 8.04. The molecule has 1 nitrogen and oxygen atoms in total. The molecule has 1 aliphatic rings. The van der Waals surface area contributed by atoms with Crippen LogP contribution in [0.4, 0.5) is 0 Å². The van der Waals surface area contributed by atoms with E-state index in [2.05, 4.69) is 170 Å². The van der Waals surface area contributed by atoms with Crippen molar-refractivity contribution in [2.24, 2.45) is 0 Å². The van der Waals surface area contributed by atoms with Crippen molar-refractivity contribution >= 4 is 60.4 Å². The maximum absolute atomic E-state index is 6.90. The minimum absolute atomic E-state index is 0.158. The first-order valence-corrected chi connectivity index (χ1v) is 18.0. The molecule has 0 N–H and O–H groups in total. The summed E-state index contributed by atoms with van der Waals surface area (Å²) in [6.45, 7) is 0. The van der Waals surface area contributed by atoms with Gasteiger partial charge in [-0.3, -0.25) is 0 Å². The number of allylic oxidation sites excluding steroid dienone is 1. The minimum atomic E-state index is -0.654. The predicted octanol–water partition coefficient (Wildman–Crippen LogP) is 12.5. The van der Waals surface area contributed by atoms with Gasteiger partial charge in [0.25, 0.3) is 0 Å². The first-order valence-electron chi connectivity index (χ1n) is 17.1. The largest absolute Gasteiger partial charge is 0.368 e. The molecule has 49 heavy (non-hydrogen) atoms. The highest BCUT2D eigenvalue weighted by atomic mass is 32.2. The van der Waals surface area contributed by atoms with Gasteiger partial charge < -0.3 is 4.74 Å². The van der Waals surface area contributed by atoms with Crippen LogP contribution in [0, 0.1) is 0 Å². The number of benzene rings is 8. The number of hydrogen-bond acceptors (Lipinski definition) is 2. The number of hydrogen-bond donors (Lipinski definition) is 0. The van der Waals surface area contributed by atoms with E-state index in [9.17, 15) is 0 Å².